The van der Waals surface area contributed by atoms with Crippen LogP contribution in [0.4, 0.5) is 0 Å². The molecule has 0 radical (unpaired) electrons. The van der Waals surface area contributed by atoms with E-state index in [4.69, 9.17) is 14.6 Å². The molecule has 0 bridgehead atoms. The average molecular weight is 340 g/mol. The van der Waals surface area contributed by atoms with Crippen LogP contribution in [0.25, 0.3) is 0 Å². The van der Waals surface area contributed by atoms with Gasteiger partial charge in [0, 0.05) is 5.92 Å². The zero-order valence-corrected chi connectivity index (χ0v) is 12.5. The van der Waals surface area contributed by atoms with Crippen LogP contribution in [0.15, 0.2) is 0 Å². The molecule has 1 aliphatic carbocycles. The second-order valence-electron chi connectivity index (χ2n) is 6.12. The fourth-order valence-electron chi connectivity index (χ4n) is 2.91. The Balaban J connectivity index is 2.13. The predicted molar refractivity (Wildman–Crippen MR) is 71.8 cm³/mol. The van der Waals surface area contributed by atoms with Crippen molar-refractivity contribution in [2.24, 2.45) is 5.92 Å². The van der Waals surface area contributed by atoms with E-state index >= 15 is 0 Å². The second kappa shape index (κ2) is 7.23. The third kappa shape index (κ3) is 3.37. The van der Waals surface area contributed by atoms with Crippen molar-refractivity contribution < 1.29 is 50.3 Å². The Morgan fingerprint density at radius 2 is 1.26 bits per heavy atom. The first-order chi connectivity index (χ1) is 10.7. The molecule has 0 spiro atoms. The number of aliphatic hydroxyl groups excluding tert-OH is 8. The van der Waals surface area contributed by atoms with Gasteiger partial charge in [0.05, 0.1) is 18.8 Å². The van der Waals surface area contributed by atoms with Gasteiger partial charge in [0.25, 0.3) is 0 Å². The highest BCUT2D eigenvalue weighted by Gasteiger charge is 2.51. The summed E-state index contributed by atoms with van der Waals surface area (Å²) in [5.41, 5.74) is 0. The van der Waals surface area contributed by atoms with E-state index in [0.29, 0.717) is 0 Å². The molecule has 8 N–H and O–H groups in total. The first-order valence-electron chi connectivity index (χ1n) is 7.39. The quantitative estimate of drug-likeness (QED) is 0.248. The number of hydrogen-bond donors (Lipinski definition) is 8. The third-order valence-electron chi connectivity index (χ3n) is 4.59. The van der Waals surface area contributed by atoms with Gasteiger partial charge < -0.3 is 50.3 Å². The van der Waals surface area contributed by atoms with Crippen molar-refractivity contribution in [2.75, 3.05) is 6.61 Å². The van der Waals surface area contributed by atoms with Gasteiger partial charge in [-0.3, -0.25) is 0 Å². The number of hydrogen-bond acceptors (Lipinski definition) is 10. The van der Waals surface area contributed by atoms with Crippen LogP contribution >= 0.6 is 0 Å². The highest BCUT2D eigenvalue weighted by Crippen LogP contribution is 2.31. The van der Waals surface area contributed by atoms with Crippen molar-refractivity contribution >= 4 is 0 Å². The maximum Gasteiger partial charge on any atom is 0.187 e. The minimum Gasteiger partial charge on any atom is -0.394 e. The maximum atomic E-state index is 10.0. The van der Waals surface area contributed by atoms with E-state index in [0.717, 1.165) is 0 Å². The lowest BCUT2D eigenvalue weighted by Crippen LogP contribution is -2.65. The van der Waals surface area contributed by atoms with E-state index in [1.54, 1.807) is 0 Å². The molecule has 23 heavy (non-hydrogen) atoms. The number of aliphatic hydroxyl groups is 8. The molecule has 1 aliphatic heterocycles. The molecule has 9 atom stereocenters. The summed E-state index contributed by atoms with van der Waals surface area (Å²) in [7, 11) is 0. The van der Waals surface area contributed by atoms with Gasteiger partial charge in [0.1, 0.15) is 42.7 Å². The van der Waals surface area contributed by atoms with Crippen molar-refractivity contribution in [2.45, 2.75) is 68.1 Å². The van der Waals surface area contributed by atoms with Crippen LogP contribution in [0.3, 0.4) is 0 Å². The predicted octanol–water partition coefficient (Wildman–Crippen LogP) is -4.74. The smallest absolute Gasteiger partial charge is 0.187 e. The van der Waals surface area contributed by atoms with Gasteiger partial charge in [-0.2, -0.15) is 0 Å². The van der Waals surface area contributed by atoms with E-state index in [2.05, 4.69) is 0 Å². The molecule has 2 rings (SSSR count). The number of rotatable bonds is 3. The highest BCUT2D eigenvalue weighted by molar-refractivity contribution is 4.99. The molecule has 10 nitrogen and oxygen atoms in total. The van der Waals surface area contributed by atoms with Crippen LogP contribution in [0, 0.1) is 5.92 Å². The lowest BCUT2D eigenvalue weighted by Gasteiger charge is -2.46. The van der Waals surface area contributed by atoms with Crippen molar-refractivity contribution in [3.05, 3.63) is 0 Å². The van der Waals surface area contributed by atoms with Gasteiger partial charge in [-0.1, -0.05) is 6.92 Å². The van der Waals surface area contributed by atoms with Gasteiger partial charge in [-0.25, -0.2) is 0 Å². The third-order valence-corrected chi connectivity index (χ3v) is 4.59. The minimum absolute atomic E-state index is 0.664. The maximum absolute atomic E-state index is 10.0. The Labute approximate surface area is 132 Å². The Hall–Kier alpha value is -0.400. The fraction of sp³-hybridized carbons (Fsp3) is 1.00. The van der Waals surface area contributed by atoms with Crippen LogP contribution < -0.4 is 0 Å². The van der Waals surface area contributed by atoms with E-state index < -0.39 is 73.8 Å². The van der Waals surface area contributed by atoms with Crippen molar-refractivity contribution in [3.63, 3.8) is 0 Å². The molecular formula is C13H24O10. The van der Waals surface area contributed by atoms with E-state index in [9.17, 15) is 35.7 Å². The average Bonchev–Trinajstić information content (AvgIpc) is 2.54. The lowest BCUT2D eigenvalue weighted by atomic mass is 9.79. The Morgan fingerprint density at radius 1 is 0.739 bits per heavy atom. The van der Waals surface area contributed by atoms with Gasteiger partial charge >= 0.3 is 0 Å². The normalized spacial score (nSPS) is 54.9. The van der Waals surface area contributed by atoms with E-state index in [1.165, 1.54) is 6.92 Å². The Bertz CT molecular complexity index is 377. The summed E-state index contributed by atoms with van der Waals surface area (Å²) in [6.45, 7) is 0.773. The molecule has 0 amide bonds. The van der Waals surface area contributed by atoms with Gasteiger partial charge in [-0.15, -0.1) is 0 Å². The molecule has 10 heteroatoms. The first kappa shape index (κ1) is 18.9. The lowest BCUT2D eigenvalue weighted by molar-refractivity contribution is -0.336. The summed E-state index contributed by atoms with van der Waals surface area (Å²) in [4.78, 5) is 0. The second-order valence-corrected chi connectivity index (χ2v) is 6.12. The van der Waals surface area contributed by atoms with Gasteiger partial charge in [-0.05, 0) is 0 Å². The fourth-order valence-corrected chi connectivity index (χ4v) is 2.91. The summed E-state index contributed by atoms with van der Waals surface area (Å²) >= 11 is 0. The van der Waals surface area contributed by atoms with Crippen LogP contribution in [-0.4, -0.2) is 109 Å². The molecule has 2 aliphatic rings. The van der Waals surface area contributed by atoms with Crippen LogP contribution in [0.5, 0.6) is 0 Å². The summed E-state index contributed by atoms with van der Waals surface area (Å²) in [5, 5.41) is 78.1. The number of ether oxygens (including phenoxy) is 2. The Kier molecular flexibility index (Phi) is 5.95. The molecule has 0 aromatic rings. The van der Waals surface area contributed by atoms with E-state index in [1.807, 2.05) is 0 Å². The zero-order chi connectivity index (χ0) is 17.5. The monoisotopic (exact) mass is 340 g/mol. The summed E-state index contributed by atoms with van der Waals surface area (Å²) < 4.78 is 10.3. The molecule has 1 saturated heterocycles. The molecule has 0 aromatic heterocycles. The van der Waals surface area contributed by atoms with Gasteiger partial charge in [0.15, 0.2) is 6.29 Å². The summed E-state index contributed by atoms with van der Waals surface area (Å²) in [5.74, 6) is -0.811. The van der Waals surface area contributed by atoms with Crippen LogP contribution in [-0.2, 0) is 9.47 Å². The minimum atomic E-state index is -1.72. The molecule has 0 aromatic carbocycles. The van der Waals surface area contributed by atoms with Crippen molar-refractivity contribution in [1.29, 1.82) is 0 Å². The molecular weight excluding hydrogens is 316 g/mol. The standard InChI is InChI=1S/C13H24O10/c1-3-5(15)9(19)12(10(20)6(3)16)23-13-11(21)8(18)7(17)4(2-14)22-13/h3-21H,2H2,1H3/t3-,4-,5+,6+,7+,8-,9+,10+,11-,12-,13-/m0/s1. The Morgan fingerprint density at radius 3 is 1.74 bits per heavy atom. The molecule has 1 saturated carbocycles. The van der Waals surface area contributed by atoms with Gasteiger partial charge in [0.2, 0.25) is 0 Å². The summed E-state index contributed by atoms with van der Waals surface area (Å²) in [6, 6.07) is 0. The molecule has 1 heterocycles. The molecule has 2 fully saturated rings. The molecule has 0 unspecified atom stereocenters. The highest BCUT2D eigenvalue weighted by atomic mass is 16.7. The summed E-state index contributed by atoms with van der Waals surface area (Å²) in [6.07, 6.45) is -15.2. The van der Waals surface area contributed by atoms with Crippen LogP contribution in [0.2, 0.25) is 0 Å². The first-order valence-corrected chi connectivity index (χ1v) is 7.39. The van der Waals surface area contributed by atoms with Crippen molar-refractivity contribution in [3.8, 4) is 0 Å². The topological polar surface area (TPSA) is 180 Å². The molecule has 136 valence electrons. The van der Waals surface area contributed by atoms with Crippen molar-refractivity contribution in [1.82, 2.24) is 0 Å². The largest absolute Gasteiger partial charge is 0.394 e. The SMILES string of the molecule is C[C@H]1[C@@H](O)[C@@H](O)[C@H](O[C@@H]2O[C@@H](CO)[C@@H](O)[C@H](O)[C@@H]2O)[C@H](O)[C@@H]1O. The van der Waals surface area contributed by atoms with E-state index in [-0.39, 0.29) is 0 Å². The van der Waals surface area contributed by atoms with Crippen LogP contribution in [0.1, 0.15) is 6.92 Å². The zero-order valence-electron chi connectivity index (χ0n) is 12.5.